The number of fused-ring (bicyclic) bond motifs is 4. The van der Waals surface area contributed by atoms with Crippen LogP contribution >= 0.6 is 0 Å². The van der Waals surface area contributed by atoms with E-state index in [-0.39, 0.29) is 11.4 Å². The second-order valence-corrected chi connectivity index (χ2v) is 7.64. The van der Waals surface area contributed by atoms with Crippen LogP contribution in [0.5, 0.6) is 0 Å². The maximum absolute atomic E-state index is 13.6. The number of rotatable bonds is 4. The summed E-state index contributed by atoms with van der Waals surface area (Å²) >= 11 is 0. The van der Waals surface area contributed by atoms with Gasteiger partial charge in [0.25, 0.3) is 11.3 Å². The Morgan fingerprint density at radius 2 is 1.91 bits per heavy atom. The van der Waals surface area contributed by atoms with Crippen molar-refractivity contribution in [1.29, 1.82) is 0 Å². The average Bonchev–Trinajstić information content (AvgIpc) is 3.43. The van der Waals surface area contributed by atoms with Crippen molar-refractivity contribution < 1.29 is 4.39 Å². The number of aromatic amines is 1. The fourth-order valence-corrected chi connectivity index (χ4v) is 4.04. The summed E-state index contributed by atoms with van der Waals surface area (Å²) in [6.45, 7) is 0.461. The van der Waals surface area contributed by atoms with Gasteiger partial charge in [-0.3, -0.25) is 4.79 Å². The molecule has 0 aliphatic rings. The van der Waals surface area contributed by atoms with Gasteiger partial charge in [-0.05, 0) is 36.2 Å². The third kappa shape index (κ3) is 2.96. The van der Waals surface area contributed by atoms with E-state index in [0.717, 1.165) is 22.0 Å². The summed E-state index contributed by atoms with van der Waals surface area (Å²) in [4.78, 5) is 25.1. The number of nitrogens with zero attached hydrogens (tertiary/aromatic N) is 5. The largest absolute Gasteiger partial charge is 0.361 e. The van der Waals surface area contributed by atoms with Crippen molar-refractivity contribution in [3.8, 4) is 11.4 Å². The molecule has 2 aromatic carbocycles. The van der Waals surface area contributed by atoms with Gasteiger partial charge in [0.2, 0.25) is 0 Å². The predicted octanol–water partition coefficient (Wildman–Crippen LogP) is 3.97. The topological polar surface area (TPSA) is 80.9 Å². The predicted molar refractivity (Wildman–Crippen MR) is 120 cm³/mol. The second-order valence-electron chi connectivity index (χ2n) is 7.64. The van der Waals surface area contributed by atoms with Gasteiger partial charge in [0, 0.05) is 41.6 Å². The van der Waals surface area contributed by atoms with E-state index >= 15 is 0 Å². The third-order valence-corrected chi connectivity index (χ3v) is 5.69. The molecule has 0 unspecified atom stereocenters. The Balaban J connectivity index is 1.37. The summed E-state index contributed by atoms with van der Waals surface area (Å²) in [7, 11) is 0. The minimum atomic E-state index is -0.279. The maximum Gasteiger partial charge on any atom is 0.261 e. The lowest BCUT2D eigenvalue weighted by atomic mass is 10.1. The molecule has 0 saturated carbocycles. The number of H-pyrrole nitrogens is 1. The minimum Gasteiger partial charge on any atom is -0.361 e. The molecule has 4 aromatic heterocycles. The summed E-state index contributed by atoms with van der Waals surface area (Å²) in [5, 5.41) is 5.87. The monoisotopic (exact) mass is 424 g/mol. The van der Waals surface area contributed by atoms with Gasteiger partial charge in [-0.2, -0.15) is 9.50 Å². The number of pyridine rings is 1. The van der Waals surface area contributed by atoms with Crippen LogP contribution in [-0.2, 0) is 13.0 Å². The van der Waals surface area contributed by atoms with Crippen LogP contribution in [0, 0.1) is 5.82 Å². The molecule has 6 rings (SSSR count). The first kappa shape index (κ1) is 18.4. The first-order valence-electron chi connectivity index (χ1n) is 10.2. The lowest BCUT2D eigenvalue weighted by Gasteiger charge is -2.07. The van der Waals surface area contributed by atoms with Gasteiger partial charge < -0.3 is 9.55 Å². The smallest absolute Gasteiger partial charge is 0.261 e. The third-order valence-electron chi connectivity index (χ3n) is 5.69. The molecule has 0 radical (unpaired) electrons. The number of aromatic nitrogens is 6. The first-order chi connectivity index (χ1) is 15.7. The van der Waals surface area contributed by atoms with Gasteiger partial charge in [-0.25, -0.2) is 9.37 Å². The van der Waals surface area contributed by atoms with Crippen LogP contribution in [0.3, 0.4) is 0 Å². The van der Waals surface area contributed by atoms with Crippen LogP contribution in [0.25, 0.3) is 39.0 Å². The van der Waals surface area contributed by atoms with E-state index < -0.39 is 0 Å². The zero-order valence-electron chi connectivity index (χ0n) is 16.9. The quantitative estimate of drug-likeness (QED) is 0.464. The molecule has 7 nitrogen and oxygen atoms in total. The van der Waals surface area contributed by atoms with E-state index in [4.69, 9.17) is 0 Å². The summed E-state index contributed by atoms with van der Waals surface area (Å²) in [5.74, 6) is 0.717. The summed E-state index contributed by atoms with van der Waals surface area (Å²) in [5.41, 5.74) is 3.22. The lowest BCUT2D eigenvalue weighted by Crippen LogP contribution is -2.21. The van der Waals surface area contributed by atoms with Crippen LogP contribution in [0.1, 0.15) is 5.56 Å². The van der Waals surface area contributed by atoms with E-state index in [1.807, 2.05) is 42.6 Å². The Bertz CT molecular complexity index is 1670. The molecule has 0 bridgehead atoms. The molecule has 0 aliphatic carbocycles. The Morgan fingerprint density at radius 3 is 2.78 bits per heavy atom. The van der Waals surface area contributed by atoms with Gasteiger partial charge in [0.05, 0.1) is 10.9 Å². The van der Waals surface area contributed by atoms with E-state index in [1.54, 1.807) is 27.5 Å². The number of benzene rings is 2. The standard InChI is InChI=1S/C24H17FN6O/c25-17-6-7-20-18(12-17)16(13-26-20)8-10-30-11-9-21-19(23(30)32)14-27-24-28-22(29-31(21)24)15-4-2-1-3-5-15/h1-7,9,11-14,26H,8,10H2. The molecule has 1 N–H and O–H groups in total. The highest BCUT2D eigenvalue weighted by atomic mass is 19.1. The highest BCUT2D eigenvalue weighted by molar-refractivity contribution is 5.83. The van der Waals surface area contributed by atoms with Gasteiger partial charge in [-0.1, -0.05) is 30.3 Å². The van der Waals surface area contributed by atoms with Crippen molar-refractivity contribution in [3.63, 3.8) is 0 Å². The van der Waals surface area contributed by atoms with E-state index in [1.165, 1.54) is 12.1 Å². The van der Waals surface area contributed by atoms with Gasteiger partial charge >= 0.3 is 0 Å². The number of hydrogen-bond donors (Lipinski definition) is 1. The van der Waals surface area contributed by atoms with Gasteiger partial charge in [0.15, 0.2) is 5.82 Å². The van der Waals surface area contributed by atoms with Crippen molar-refractivity contribution in [1.82, 2.24) is 29.1 Å². The van der Waals surface area contributed by atoms with Crippen molar-refractivity contribution in [2.24, 2.45) is 0 Å². The number of aryl methyl sites for hydroxylation is 2. The molecule has 8 heteroatoms. The molecule has 0 aliphatic heterocycles. The van der Waals surface area contributed by atoms with Crippen LogP contribution in [-0.4, -0.2) is 29.1 Å². The van der Waals surface area contributed by atoms with Crippen molar-refractivity contribution in [2.45, 2.75) is 13.0 Å². The molecule has 0 spiro atoms. The van der Waals surface area contributed by atoms with Crippen LogP contribution < -0.4 is 5.56 Å². The molecule has 0 fully saturated rings. The molecule has 0 atom stereocenters. The molecule has 156 valence electrons. The van der Waals surface area contributed by atoms with Gasteiger partial charge in [-0.15, -0.1) is 5.10 Å². The zero-order valence-corrected chi connectivity index (χ0v) is 16.9. The summed E-state index contributed by atoms with van der Waals surface area (Å²) in [6, 6.07) is 16.2. The second kappa shape index (κ2) is 7.12. The molecule has 6 aromatic rings. The van der Waals surface area contributed by atoms with Crippen LogP contribution in [0.4, 0.5) is 4.39 Å². The summed E-state index contributed by atoms with van der Waals surface area (Å²) < 4.78 is 16.9. The first-order valence-corrected chi connectivity index (χ1v) is 10.2. The minimum absolute atomic E-state index is 0.153. The molecular formula is C24H17FN6O. The number of halogens is 1. The SMILES string of the molecule is O=c1c2cnc3nc(-c4ccccc4)nn3c2ccn1CCc1c[nH]c2ccc(F)cc12. The maximum atomic E-state index is 13.6. The van der Waals surface area contributed by atoms with Crippen molar-refractivity contribution in [3.05, 3.63) is 94.9 Å². The van der Waals surface area contributed by atoms with Crippen LogP contribution in [0.15, 0.2) is 78.0 Å². The summed E-state index contributed by atoms with van der Waals surface area (Å²) in [6.07, 6.45) is 5.76. The van der Waals surface area contributed by atoms with Crippen molar-refractivity contribution >= 4 is 27.6 Å². The molecule has 32 heavy (non-hydrogen) atoms. The highest BCUT2D eigenvalue weighted by Gasteiger charge is 2.13. The lowest BCUT2D eigenvalue weighted by molar-refractivity contribution is 0.629. The Kier molecular flexibility index (Phi) is 4.10. The Morgan fingerprint density at radius 1 is 1.03 bits per heavy atom. The number of hydrogen-bond acceptors (Lipinski definition) is 4. The molecule has 0 amide bonds. The van der Waals surface area contributed by atoms with Crippen molar-refractivity contribution in [2.75, 3.05) is 0 Å². The molecule has 4 heterocycles. The van der Waals surface area contributed by atoms with E-state index in [0.29, 0.717) is 35.5 Å². The molecule has 0 saturated heterocycles. The highest BCUT2D eigenvalue weighted by Crippen LogP contribution is 2.21. The van der Waals surface area contributed by atoms with Gasteiger partial charge in [0.1, 0.15) is 5.82 Å². The Labute approximate surface area is 180 Å². The van der Waals surface area contributed by atoms with Crippen LogP contribution in [0.2, 0.25) is 0 Å². The van der Waals surface area contributed by atoms with E-state index in [2.05, 4.69) is 20.1 Å². The average molecular weight is 424 g/mol. The Hall–Kier alpha value is -4.33. The fourth-order valence-electron chi connectivity index (χ4n) is 4.04. The van der Waals surface area contributed by atoms with E-state index in [9.17, 15) is 9.18 Å². The molecular weight excluding hydrogens is 407 g/mol. The normalized spacial score (nSPS) is 11.7. The fraction of sp³-hybridized carbons (Fsp3) is 0.0833. The number of nitrogens with one attached hydrogen (secondary N) is 1. The zero-order chi connectivity index (χ0) is 21.7.